The zero-order valence-electron chi connectivity index (χ0n) is 17.9. The summed E-state index contributed by atoms with van der Waals surface area (Å²) in [6.45, 7) is 3.42. The number of aromatic nitrogens is 2. The van der Waals surface area contributed by atoms with Crippen LogP contribution < -0.4 is 5.32 Å². The molecule has 0 aliphatic carbocycles. The molecule has 1 heterocycles. The van der Waals surface area contributed by atoms with Gasteiger partial charge in [0.2, 0.25) is 5.91 Å². The Bertz CT molecular complexity index is 1250. The predicted molar refractivity (Wildman–Crippen MR) is 116 cm³/mol. The van der Waals surface area contributed by atoms with Gasteiger partial charge in [-0.25, -0.2) is 13.4 Å². The van der Waals surface area contributed by atoms with Gasteiger partial charge in [0.25, 0.3) is 0 Å². The van der Waals surface area contributed by atoms with Crippen LogP contribution in [0.25, 0.3) is 11.0 Å². The monoisotopic (exact) mass is 467 g/mol. The molecule has 1 aromatic heterocycles. The zero-order chi connectivity index (χ0) is 23.7. The summed E-state index contributed by atoms with van der Waals surface area (Å²) in [7, 11) is -3.38. The highest BCUT2D eigenvalue weighted by atomic mass is 32.2. The van der Waals surface area contributed by atoms with Gasteiger partial charge in [-0.05, 0) is 23.8 Å². The minimum atomic E-state index is -4.45. The van der Waals surface area contributed by atoms with Crippen LogP contribution in [0, 0.1) is 0 Å². The van der Waals surface area contributed by atoms with E-state index in [1.807, 2.05) is 0 Å². The number of para-hydroxylation sites is 2. The van der Waals surface area contributed by atoms with E-state index in [-0.39, 0.29) is 24.7 Å². The Morgan fingerprint density at radius 1 is 1.06 bits per heavy atom. The number of halogens is 3. The molecule has 3 aromatic rings. The van der Waals surface area contributed by atoms with Gasteiger partial charge in [-0.15, -0.1) is 0 Å². The van der Waals surface area contributed by atoms with E-state index in [1.165, 1.54) is 6.07 Å². The largest absolute Gasteiger partial charge is 0.416 e. The first-order valence-corrected chi connectivity index (χ1v) is 11.9. The molecular formula is C22H24F3N3O3S. The number of nitrogens with one attached hydrogen (secondary N) is 1. The van der Waals surface area contributed by atoms with Gasteiger partial charge in [0.1, 0.15) is 18.1 Å². The molecule has 32 heavy (non-hydrogen) atoms. The molecule has 0 aliphatic heterocycles. The van der Waals surface area contributed by atoms with E-state index in [1.54, 1.807) is 48.7 Å². The smallest absolute Gasteiger partial charge is 0.354 e. The Kier molecular flexibility index (Phi) is 6.37. The summed E-state index contributed by atoms with van der Waals surface area (Å²) in [5.41, 5.74) is 0.133. The highest BCUT2D eigenvalue weighted by molar-refractivity contribution is 7.89. The second kappa shape index (κ2) is 8.57. The Hall–Kier alpha value is -2.88. The highest BCUT2D eigenvalue weighted by Gasteiger charge is 2.32. The molecule has 0 radical (unpaired) electrons. The molecule has 0 saturated heterocycles. The first-order valence-electron chi connectivity index (χ1n) is 9.82. The fourth-order valence-electron chi connectivity index (χ4n) is 3.38. The highest BCUT2D eigenvalue weighted by Crippen LogP contribution is 2.32. The number of nitrogens with zero attached hydrogens (tertiary/aromatic N) is 2. The minimum absolute atomic E-state index is 0.0984. The van der Waals surface area contributed by atoms with Crippen LogP contribution >= 0.6 is 0 Å². The molecule has 1 amide bonds. The van der Waals surface area contributed by atoms with Crippen molar-refractivity contribution in [1.29, 1.82) is 0 Å². The number of rotatable bonds is 7. The van der Waals surface area contributed by atoms with E-state index in [4.69, 9.17) is 0 Å². The number of imidazole rings is 1. The summed E-state index contributed by atoms with van der Waals surface area (Å²) in [4.78, 5) is 17.0. The zero-order valence-corrected chi connectivity index (χ0v) is 18.7. The van der Waals surface area contributed by atoms with E-state index in [9.17, 15) is 26.4 Å². The number of carbonyl (C=O) groups excluding carboxylic acids is 1. The standard InChI is InChI=1S/C22H24F3N3O3S/c1-21(2,15-7-6-8-16(11-15)22(23,24)25)14-26-20(29)12-28-18-10-5-4-9-17(18)27-19(28)13-32(3,30)31/h4-11H,12-14H2,1-3H3,(H,26,29). The maximum absolute atomic E-state index is 13.0. The van der Waals surface area contributed by atoms with Crippen molar-refractivity contribution in [3.8, 4) is 0 Å². The number of benzene rings is 2. The number of sulfone groups is 1. The Morgan fingerprint density at radius 3 is 2.38 bits per heavy atom. The Labute approximate surface area is 184 Å². The van der Waals surface area contributed by atoms with Gasteiger partial charge in [-0.2, -0.15) is 13.2 Å². The molecular weight excluding hydrogens is 443 g/mol. The maximum atomic E-state index is 13.0. The van der Waals surface area contributed by atoms with Crippen LogP contribution in [-0.2, 0) is 38.5 Å². The fourth-order valence-corrected chi connectivity index (χ4v) is 4.07. The molecule has 6 nitrogen and oxygen atoms in total. The average molecular weight is 468 g/mol. The molecule has 0 bridgehead atoms. The molecule has 10 heteroatoms. The van der Waals surface area contributed by atoms with E-state index in [2.05, 4.69) is 10.3 Å². The predicted octanol–water partition coefficient (Wildman–Crippen LogP) is 3.69. The lowest BCUT2D eigenvalue weighted by atomic mass is 9.83. The van der Waals surface area contributed by atoms with Gasteiger partial charge in [0.15, 0.2) is 9.84 Å². The summed E-state index contributed by atoms with van der Waals surface area (Å²) in [6, 6.07) is 12.0. The number of hydrogen-bond acceptors (Lipinski definition) is 4. The number of fused-ring (bicyclic) bond motifs is 1. The SMILES string of the molecule is CC(C)(CNC(=O)Cn1c(CS(C)(=O)=O)nc2ccccc21)c1cccc(C(F)(F)F)c1. The van der Waals surface area contributed by atoms with Crippen LogP contribution in [0.5, 0.6) is 0 Å². The number of alkyl halides is 3. The number of amides is 1. The van der Waals surface area contributed by atoms with Crippen molar-refractivity contribution < 1.29 is 26.4 Å². The van der Waals surface area contributed by atoms with Gasteiger partial charge in [-0.3, -0.25) is 4.79 Å². The molecule has 0 spiro atoms. The molecule has 0 unspecified atom stereocenters. The average Bonchev–Trinajstić information content (AvgIpc) is 3.01. The van der Waals surface area contributed by atoms with Crippen molar-refractivity contribution in [3.05, 3.63) is 65.5 Å². The van der Waals surface area contributed by atoms with Crippen LogP contribution in [0.2, 0.25) is 0 Å². The molecule has 3 rings (SSSR count). The van der Waals surface area contributed by atoms with Crippen molar-refractivity contribution in [2.24, 2.45) is 0 Å². The van der Waals surface area contributed by atoms with E-state index >= 15 is 0 Å². The normalized spacial score (nSPS) is 12.8. The summed E-state index contributed by atoms with van der Waals surface area (Å²) in [6.07, 6.45) is -3.36. The molecule has 0 aliphatic rings. The lowest BCUT2D eigenvalue weighted by Crippen LogP contribution is -2.38. The lowest BCUT2D eigenvalue weighted by molar-refractivity contribution is -0.137. The first kappa shape index (κ1) is 23.8. The van der Waals surface area contributed by atoms with Crippen molar-refractivity contribution >= 4 is 26.8 Å². The van der Waals surface area contributed by atoms with Crippen LogP contribution in [0.15, 0.2) is 48.5 Å². The third kappa shape index (κ3) is 5.67. The first-order chi connectivity index (χ1) is 14.8. The quantitative estimate of drug-likeness (QED) is 0.575. The van der Waals surface area contributed by atoms with Gasteiger partial charge in [0, 0.05) is 18.2 Å². The third-order valence-electron chi connectivity index (χ3n) is 5.13. The Balaban J connectivity index is 1.78. The van der Waals surface area contributed by atoms with Crippen LogP contribution in [-0.4, -0.2) is 36.7 Å². The molecule has 2 aromatic carbocycles. The van der Waals surface area contributed by atoms with E-state index in [0.29, 0.717) is 16.6 Å². The Morgan fingerprint density at radius 2 is 1.72 bits per heavy atom. The second-order valence-electron chi connectivity index (χ2n) is 8.41. The molecule has 0 saturated carbocycles. The van der Waals surface area contributed by atoms with Gasteiger partial charge < -0.3 is 9.88 Å². The lowest BCUT2D eigenvalue weighted by Gasteiger charge is -2.26. The second-order valence-corrected chi connectivity index (χ2v) is 10.6. The van der Waals surface area contributed by atoms with Crippen molar-refractivity contribution in [2.75, 3.05) is 12.8 Å². The third-order valence-corrected chi connectivity index (χ3v) is 5.91. The molecule has 0 fully saturated rings. The van der Waals surface area contributed by atoms with Crippen molar-refractivity contribution in [3.63, 3.8) is 0 Å². The topological polar surface area (TPSA) is 81.1 Å². The maximum Gasteiger partial charge on any atom is 0.416 e. The van der Waals surface area contributed by atoms with Gasteiger partial charge in [0.05, 0.1) is 16.6 Å². The minimum Gasteiger partial charge on any atom is -0.354 e. The van der Waals surface area contributed by atoms with E-state index in [0.717, 1.165) is 18.4 Å². The summed E-state index contributed by atoms with van der Waals surface area (Å²) in [5.74, 6) is -0.464. The number of carbonyl (C=O) groups is 1. The van der Waals surface area contributed by atoms with Crippen molar-refractivity contribution in [2.45, 2.75) is 37.7 Å². The van der Waals surface area contributed by atoms with Crippen LogP contribution in [0.3, 0.4) is 0 Å². The number of hydrogen-bond donors (Lipinski definition) is 1. The van der Waals surface area contributed by atoms with E-state index < -0.39 is 32.9 Å². The van der Waals surface area contributed by atoms with Crippen LogP contribution in [0.4, 0.5) is 13.2 Å². The van der Waals surface area contributed by atoms with Crippen molar-refractivity contribution in [1.82, 2.24) is 14.9 Å². The van der Waals surface area contributed by atoms with Crippen LogP contribution in [0.1, 0.15) is 30.8 Å². The molecule has 172 valence electrons. The van der Waals surface area contributed by atoms with Gasteiger partial charge >= 0.3 is 6.18 Å². The summed E-state index contributed by atoms with van der Waals surface area (Å²) >= 11 is 0. The fraction of sp³-hybridized carbons (Fsp3) is 0.364. The summed E-state index contributed by atoms with van der Waals surface area (Å²) in [5, 5.41) is 2.75. The molecule has 0 atom stereocenters. The van der Waals surface area contributed by atoms with Gasteiger partial charge in [-0.1, -0.05) is 44.2 Å². The molecule has 1 N–H and O–H groups in total. The summed E-state index contributed by atoms with van der Waals surface area (Å²) < 4.78 is 64.3.